The number of nitrogens with one attached hydrogen (secondary N) is 1. The maximum atomic E-state index is 11.5. The SMILES string of the molecule is CCC1NC(=O)c2cc(Cl)c(Cl)cc21. The molecule has 0 spiro atoms. The number of fused-ring (bicyclic) bond motifs is 1. The van der Waals surface area contributed by atoms with Gasteiger partial charge in [0, 0.05) is 5.56 Å². The molecule has 1 amide bonds. The van der Waals surface area contributed by atoms with Crippen LogP contribution in [0.4, 0.5) is 0 Å². The van der Waals surface area contributed by atoms with Gasteiger partial charge in [0.25, 0.3) is 5.91 Å². The first-order valence-electron chi connectivity index (χ1n) is 4.43. The van der Waals surface area contributed by atoms with Crippen molar-refractivity contribution >= 4 is 29.1 Å². The zero-order valence-electron chi connectivity index (χ0n) is 7.60. The molecule has 0 aromatic heterocycles. The zero-order chi connectivity index (χ0) is 10.3. The fraction of sp³-hybridized carbons (Fsp3) is 0.300. The van der Waals surface area contributed by atoms with Crippen molar-refractivity contribution in [1.29, 1.82) is 0 Å². The van der Waals surface area contributed by atoms with Crippen LogP contribution in [0.3, 0.4) is 0 Å². The fourth-order valence-electron chi connectivity index (χ4n) is 1.68. The summed E-state index contributed by atoms with van der Waals surface area (Å²) in [6, 6.07) is 3.47. The monoisotopic (exact) mass is 229 g/mol. The summed E-state index contributed by atoms with van der Waals surface area (Å²) in [6.45, 7) is 2.02. The molecule has 2 nitrogen and oxygen atoms in total. The maximum absolute atomic E-state index is 11.5. The van der Waals surface area contributed by atoms with E-state index < -0.39 is 0 Å². The molecule has 1 aromatic carbocycles. The molecule has 1 heterocycles. The van der Waals surface area contributed by atoms with Crippen molar-refractivity contribution in [2.24, 2.45) is 0 Å². The van der Waals surface area contributed by atoms with E-state index in [0.29, 0.717) is 15.6 Å². The van der Waals surface area contributed by atoms with Crippen molar-refractivity contribution in [3.05, 3.63) is 33.3 Å². The van der Waals surface area contributed by atoms with E-state index in [0.717, 1.165) is 12.0 Å². The Kier molecular flexibility index (Phi) is 2.41. The lowest BCUT2D eigenvalue weighted by Gasteiger charge is -2.08. The van der Waals surface area contributed by atoms with Gasteiger partial charge in [-0.2, -0.15) is 0 Å². The summed E-state index contributed by atoms with van der Waals surface area (Å²) in [5.74, 6) is -0.0644. The number of carbonyl (C=O) groups is 1. The summed E-state index contributed by atoms with van der Waals surface area (Å²) in [7, 11) is 0. The van der Waals surface area contributed by atoms with Crippen molar-refractivity contribution in [3.63, 3.8) is 0 Å². The highest BCUT2D eigenvalue weighted by Gasteiger charge is 2.28. The van der Waals surface area contributed by atoms with E-state index in [1.165, 1.54) is 0 Å². The van der Waals surface area contributed by atoms with E-state index in [9.17, 15) is 4.79 Å². The minimum absolute atomic E-state index is 0.0644. The normalized spacial score (nSPS) is 19.4. The van der Waals surface area contributed by atoms with Crippen molar-refractivity contribution in [2.45, 2.75) is 19.4 Å². The molecule has 0 saturated carbocycles. The largest absolute Gasteiger partial charge is 0.345 e. The first-order chi connectivity index (χ1) is 6.63. The highest BCUT2D eigenvalue weighted by molar-refractivity contribution is 6.42. The van der Waals surface area contributed by atoms with Gasteiger partial charge >= 0.3 is 0 Å². The Labute approximate surface area is 92.2 Å². The average molecular weight is 230 g/mol. The molecule has 1 aromatic rings. The molecule has 4 heteroatoms. The molecule has 1 atom stereocenters. The van der Waals surface area contributed by atoms with Crippen LogP contribution in [0.5, 0.6) is 0 Å². The fourth-order valence-corrected chi connectivity index (χ4v) is 2.02. The highest BCUT2D eigenvalue weighted by atomic mass is 35.5. The highest BCUT2D eigenvalue weighted by Crippen LogP contribution is 2.34. The van der Waals surface area contributed by atoms with Crippen molar-refractivity contribution in [2.75, 3.05) is 0 Å². The van der Waals surface area contributed by atoms with Crippen LogP contribution in [-0.2, 0) is 0 Å². The van der Waals surface area contributed by atoms with E-state index >= 15 is 0 Å². The van der Waals surface area contributed by atoms with Gasteiger partial charge in [0.1, 0.15) is 0 Å². The number of hydrogen-bond acceptors (Lipinski definition) is 1. The third-order valence-electron chi connectivity index (χ3n) is 2.43. The second kappa shape index (κ2) is 3.44. The Morgan fingerprint density at radius 2 is 2.00 bits per heavy atom. The van der Waals surface area contributed by atoms with Crippen LogP contribution in [0.1, 0.15) is 35.3 Å². The van der Waals surface area contributed by atoms with E-state index in [4.69, 9.17) is 23.2 Å². The van der Waals surface area contributed by atoms with Crippen LogP contribution in [-0.4, -0.2) is 5.91 Å². The number of halogens is 2. The standard InChI is InChI=1S/C10H9Cl2NO/c1-2-9-5-3-7(11)8(12)4-6(5)10(14)13-9/h3-4,9H,2H2,1H3,(H,13,14). The topological polar surface area (TPSA) is 29.1 Å². The summed E-state index contributed by atoms with van der Waals surface area (Å²) in [5, 5.41) is 3.80. The zero-order valence-corrected chi connectivity index (χ0v) is 9.12. The minimum Gasteiger partial charge on any atom is -0.345 e. The molecule has 0 aliphatic carbocycles. The Morgan fingerprint density at radius 3 is 2.64 bits per heavy atom. The van der Waals surface area contributed by atoms with Gasteiger partial charge < -0.3 is 5.32 Å². The van der Waals surface area contributed by atoms with Crippen molar-refractivity contribution in [1.82, 2.24) is 5.32 Å². The molecule has 74 valence electrons. The summed E-state index contributed by atoms with van der Waals surface area (Å²) in [5.41, 5.74) is 1.60. The predicted molar refractivity (Wildman–Crippen MR) is 57.0 cm³/mol. The van der Waals surface area contributed by atoms with Gasteiger partial charge in [-0.3, -0.25) is 4.79 Å². The molecular weight excluding hydrogens is 221 g/mol. The Bertz CT molecular complexity index is 403. The second-order valence-electron chi connectivity index (χ2n) is 3.29. The molecule has 1 unspecified atom stereocenters. The van der Waals surface area contributed by atoms with Crippen LogP contribution < -0.4 is 5.32 Å². The van der Waals surface area contributed by atoms with Gasteiger partial charge in [0.2, 0.25) is 0 Å². The number of benzene rings is 1. The van der Waals surface area contributed by atoms with Gasteiger partial charge in [0.05, 0.1) is 16.1 Å². The lowest BCUT2D eigenvalue weighted by Crippen LogP contribution is -2.17. The van der Waals surface area contributed by atoms with Gasteiger partial charge in [-0.1, -0.05) is 30.1 Å². The summed E-state index contributed by atoms with van der Waals surface area (Å²) >= 11 is 11.7. The average Bonchev–Trinajstić information content (AvgIpc) is 2.45. The molecule has 1 aliphatic heterocycles. The van der Waals surface area contributed by atoms with Crippen LogP contribution in [0.15, 0.2) is 12.1 Å². The van der Waals surface area contributed by atoms with Gasteiger partial charge in [0.15, 0.2) is 0 Å². The first kappa shape index (κ1) is 9.81. The summed E-state index contributed by atoms with van der Waals surface area (Å²) < 4.78 is 0. The van der Waals surface area contributed by atoms with Crippen LogP contribution >= 0.6 is 23.2 Å². The molecule has 0 saturated heterocycles. The van der Waals surface area contributed by atoms with Gasteiger partial charge in [-0.05, 0) is 24.1 Å². The molecule has 1 aliphatic rings. The number of amides is 1. The smallest absolute Gasteiger partial charge is 0.252 e. The maximum Gasteiger partial charge on any atom is 0.252 e. The van der Waals surface area contributed by atoms with E-state index in [1.54, 1.807) is 12.1 Å². The third-order valence-corrected chi connectivity index (χ3v) is 3.15. The van der Waals surface area contributed by atoms with Gasteiger partial charge in [-0.15, -0.1) is 0 Å². The van der Waals surface area contributed by atoms with E-state index in [-0.39, 0.29) is 11.9 Å². The van der Waals surface area contributed by atoms with Crippen molar-refractivity contribution in [3.8, 4) is 0 Å². The molecule has 0 radical (unpaired) electrons. The van der Waals surface area contributed by atoms with E-state index in [2.05, 4.69) is 5.32 Å². The predicted octanol–water partition coefficient (Wildman–Crippen LogP) is 3.19. The van der Waals surface area contributed by atoms with Crippen LogP contribution in [0.2, 0.25) is 10.0 Å². The second-order valence-corrected chi connectivity index (χ2v) is 4.10. The number of rotatable bonds is 1. The van der Waals surface area contributed by atoms with Gasteiger partial charge in [-0.25, -0.2) is 0 Å². The molecule has 1 N–H and O–H groups in total. The number of hydrogen-bond donors (Lipinski definition) is 1. The Morgan fingerprint density at radius 1 is 1.36 bits per heavy atom. The molecule has 14 heavy (non-hydrogen) atoms. The quantitative estimate of drug-likeness (QED) is 0.788. The van der Waals surface area contributed by atoms with E-state index in [1.807, 2.05) is 6.92 Å². The Balaban J connectivity index is 2.58. The molecule has 0 fully saturated rings. The third kappa shape index (κ3) is 1.39. The lowest BCUT2D eigenvalue weighted by atomic mass is 10.0. The molecule has 0 bridgehead atoms. The molecule has 2 rings (SSSR count). The van der Waals surface area contributed by atoms with Crippen LogP contribution in [0.25, 0.3) is 0 Å². The molecular formula is C10H9Cl2NO. The number of carbonyl (C=O) groups excluding carboxylic acids is 1. The summed E-state index contributed by atoms with van der Waals surface area (Å²) in [6.07, 6.45) is 0.858. The minimum atomic E-state index is -0.0644. The first-order valence-corrected chi connectivity index (χ1v) is 5.19. The lowest BCUT2D eigenvalue weighted by molar-refractivity contribution is 0.0955. The van der Waals surface area contributed by atoms with Crippen molar-refractivity contribution < 1.29 is 4.79 Å². The summed E-state index contributed by atoms with van der Waals surface area (Å²) in [4.78, 5) is 11.5. The van der Waals surface area contributed by atoms with Crippen LogP contribution in [0, 0.1) is 0 Å². The Hall–Kier alpha value is -0.730.